The molecule has 0 saturated carbocycles. The minimum atomic E-state index is -0.0107. The second-order valence-corrected chi connectivity index (χ2v) is 6.91. The predicted molar refractivity (Wildman–Crippen MR) is 101 cm³/mol. The highest BCUT2D eigenvalue weighted by Crippen LogP contribution is 2.10. The van der Waals surface area contributed by atoms with Crippen molar-refractivity contribution in [2.75, 3.05) is 32.7 Å². The molecule has 2 heterocycles. The first kappa shape index (κ1) is 19.3. The molecule has 5 nitrogen and oxygen atoms in total. The molecule has 0 aliphatic carbocycles. The van der Waals surface area contributed by atoms with E-state index in [1.807, 2.05) is 4.90 Å². The molecule has 25 heavy (non-hydrogen) atoms. The lowest BCUT2D eigenvalue weighted by Gasteiger charge is -2.21. The lowest BCUT2D eigenvalue weighted by Crippen LogP contribution is -2.35. The topological polar surface area (TPSA) is 49.3 Å². The fraction of sp³-hybridized carbons (Fsp3) is 0.550. The van der Waals surface area contributed by atoms with E-state index >= 15 is 0 Å². The standard InChI is InChI=1S/C20H30N4O/c1-17(2)6-4-7-18(3)8-13-23-11-5-12-24(15-14-23)20(25)19-16-21-9-10-22-19/h6,8-10,16H,4-5,7,11-15H2,1-3H3/b18-8+. The molecule has 1 aliphatic rings. The molecule has 1 fully saturated rings. The minimum Gasteiger partial charge on any atom is -0.336 e. The van der Waals surface area contributed by atoms with Crippen molar-refractivity contribution in [2.45, 2.75) is 40.0 Å². The number of carbonyl (C=O) groups is 1. The van der Waals surface area contributed by atoms with Gasteiger partial charge in [-0.1, -0.05) is 23.3 Å². The average molecular weight is 342 g/mol. The number of rotatable bonds is 6. The fourth-order valence-corrected chi connectivity index (χ4v) is 2.90. The van der Waals surface area contributed by atoms with Gasteiger partial charge in [0, 0.05) is 45.1 Å². The van der Waals surface area contributed by atoms with E-state index < -0.39 is 0 Å². The molecule has 0 radical (unpaired) electrons. The summed E-state index contributed by atoms with van der Waals surface area (Å²) in [4.78, 5) is 24.9. The van der Waals surface area contributed by atoms with Gasteiger partial charge in [-0.25, -0.2) is 4.98 Å². The maximum absolute atomic E-state index is 12.5. The van der Waals surface area contributed by atoms with Crippen molar-refractivity contribution in [1.29, 1.82) is 0 Å². The summed E-state index contributed by atoms with van der Waals surface area (Å²) in [6.07, 6.45) is 12.6. The quantitative estimate of drug-likeness (QED) is 0.744. The van der Waals surface area contributed by atoms with Crippen molar-refractivity contribution in [2.24, 2.45) is 0 Å². The molecule has 0 bridgehead atoms. The molecule has 0 unspecified atom stereocenters. The number of nitrogens with zero attached hydrogens (tertiary/aromatic N) is 4. The first-order chi connectivity index (χ1) is 12.1. The fourth-order valence-electron chi connectivity index (χ4n) is 2.90. The summed E-state index contributed by atoms with van der Waals surface area (Å²) in [5, 5.41) is 0. The Kier molecular flexibility index (Phi) is 7.79. The van der Waals surface area contributed by atoms with Gasteiger partial charge in [-0.3, -0.25) is 14.7 Å². The number of hydrogen-bond donors (Lipinski definition) is 0. The summed E-state index contributed by atoms with van der Waals surface area (Å²) in [5.41, 5.74) is 3.26. The van der Waals surface area contributed by atoms with Crippen LogP contribution in [0.3, 0.4) is 0 Å². The monoisotopic (exact) mass is 342 g/mol. The Labute approximate surface area is 151 Å². The number of carbonyl (C=O) groups excluding carboxylic acids is 1. The van der Waals surface area contributed by atoms with Gasteiger partial charge >= 0.3 is 0 Å². The van der Waals surface area contributed by atoms with Crippen LogP contribution >= 0.6 is 0 Å². The van der Waals surface area contributed by atoms with Gasteiger partial charge in [0.05, 0.1) is 6.20 Å². The highest BCUT2D eigenvalue weighted by molar-refractivity contribution is 5.91. The molecule has 0 aromatic carbocycles. The third kappa shape index (κ3) is 6.78. The van der Waals surface area contributed by atoms with E-state index in [2.05, 4.69) is 47.8 Å². The molecule has 1 aromatic heterocycles. The number of hydrogen-bond acceptors (Lipinski definition) is 4. The molecular weight excluding hydrogens is 312 g/mol. The van der Waals surface area contributed by atoms with Gasteiger partial charge in [-0.15, -0.1) is 0 Å². The Balaban J connectivity index is 1.81. The zero-order valence-corrected chi connectivity index (χ0v) is 15.7. The van der Waals surface area contributed by atoms with Crippen molar-refractivity contribution in [3.05, 3.63) is 47.6 Å². The Hall–Kier alpha value is -2.01. The highest BCUT2D eigenvalue weighted by atomic mass is 16.2. The van der Waals surface area contributed by atoms with E-state index in [-0.39, 0.29) is 5.91 Å². The molecule has 1 aromatic rings. The Morgan fingerprint density at radius 2 is 1.96 bits per heavy atom. The Morgan fingerprint density at radius 1 is 1.12 bits per heavy atom. The molecule has 0 N–H and O–H groups in total. The summed E-state index contributed by atoms with van der Waals surface area (Å²) in [7, 11) is 0. The van der Waals surface area contributed by atoms with Gasteiger partial charge in [0.25, 0.3) is 5.91 Å². The molecule has 0 atom stereocenters. The molecule has 2 rings (SSSR count). The largest absolute Gasteiger partial charge is 0.336 e. The van der Waals surface area contributed by atoms with E-state index in [0.717, 1.165) is 52.0 Å². The van der Waals surface area contributed by atoms with Crippen LogP contribution in [-0.2, 0) is 0 Å². The van der Waals surface area contributed by atoms with Crippen LogP contribution in [0.2, 0.25) is 0 Å². The van der Waals surface area contributed by atoms with Crippen LogP contribution in [0.15, 0.2) is 41.9 Å². The third-order valence-electron chi connectivity index (χ3n) is 4.45. The molecule has 136 valence electrons. The van der Waals surface area contributed by atoms with Gasteiger partial charge in [0.15, 0.2) is 0 Å². The number of amides is 1. The molecule has 1 saturated heterocycles. The number of allylic oxidation sites excluding steroid dienone is 3. The maximum atomic E-state index is 12.5. The predicted octanol–water partition coefficient (Wildman–Crippen LogP) is 3.32. The van der Waals surface area contributed by atoms with Gasteiger partial charge in [0.1, 0.15) is 5.69 Å². The van der Waals surface area contributed by atoms with Crippen LogP contribution < -0.4 is 0 Å². The normalized spacial score (nSPS) is 16.4. The van der Waals surface area contributed by atoms with Crippen LogP contribution in [0.25, 0.3) is 0 Å². The minimum absolute atomic E-state index is 0.0107. The summed E-state index contributed by atoms with van der Waals surface area (Å²) < 4.78 is 0. The first-order valence-corrected chi connectivity index (χ1v) is 9.13. The van der Waals surface area contributed by atoms with Crippen LogP contribution in [0, 0.1) is 0 Å². The average Bonchev–Trinajstić information content (AvgIpc) is 2.85. The Morgan fingerprint density at radius 3 is 2.68 bits per heavy atom. The molecule has 1 aliphatic heterocycles. The van der Waals surface area contributed by atoms with Crippen LogP contribution in [-0.4, -0.2) is 58.4 Å². The van der Waals surface area contributed by atoms with Crippen molar-refractivity contribution in [3.63, 3.8) is 0 Å². The van der Waals surface area contributed by atoms with Crippen LogP contribution in [0.4, 0.5) is 0 Å². The van der Waals surface area contributed by atoms with Crippen molar-refractivity contribution >= 4 is 5.91 Å². The second-order valence-electron chi connectivity index (χ2n) is 6.91. The summed E-state index contributed by atoms with van der Waals surface area (Å²) in [5.74, 6) is -0.0107. The number of aromatic nitrogens is 2. The van der Waals surface area contributed by atoms with Gasteiger partial charge in [-0.05, 0) is 40.0 Å². The zero-order valence-electron chi connectivity index (χ0n) is 15.7. The highest BCUT2D eigenvalue weighted by Gasteiger charge is 2.20. The second kappa shape index (κ2) is 10.1. The van der Waals surface area contributed by atoms with Crippen LogP contribution in [0.1, 0.15) is 50.5 Å². The summed E-state index contributed by atoms with van der Waals surface area (Å²) in [6.45, 7) is 10.9. The van der Waals surface area contributed by atoms with Gasteiger partial charge in [-0.2, -0.15) is 0 Å². The van der Waals surface area contributed by atoms with E-state index in [4.69, 9.17) is 0 Å². The van der Waals surface area contributed by atoms with Crippen molar-refractivity contribution < 1.29 is 4.79 Å². The molecule has 0 spiro atoms. The van der Waals surface area contributed by atoms with Gasteiger partial charge < -0.3 is 4.90 Å². The molecule has 1 amide bonds. The van der Waals surface area contributed by atoms with E-state index in [1.165, 1.54) is 11.1 Å². The molecular formula is C20H30N4O. The first-order valence-electron chi connectivity index (χ1n) is 9.13. The Bertz CT molecular complexity index is 605. The van der Waals surface area contributed by atoms with E-state index in [1.54, 1.807) is 18.6 Å². The SMILES string of the molecule is CC(C)=CCC/C(C)=C/CN1CCCN(C(=O)c2cnccn2)CC1. The van der Waals surface area contributed by atoms with E-state index in [0.29, 0.717) is 5.69 Å². The van der Waals surface area contributed by atoms with Gasteiger partial charge in [0.2, 0.25) is 0 Å². The summed E-state index contributed by atoms with van der Waals surface area (Å²) >= 11 is 0. The zero-order chi connectivity index (χ0) is 18.1. The third-order valence-corrected chi connectivity index (χ3v) is 4.45. The summed E-state index contributed by atoms with van der Waals surface area (Å²) in [6, 6.07) is 0. The van der Waals surface area contributed by atoms with Crippen molar-refractivity contribution in [1.82, 2.24) is 19.8 Å². The molecule has 5 heteroatoms. The lowest BCUT2D eigenvalue weighted by atomic mass is 10.1. The lowest BCUT2D eigenvalue weighted by molar-refractivity contribution is 0.0755. The van der Waals surface area contributed by atoms with Crippen LogP contribution in [0.5, 0.6) is 0 Å². The maximum Gasteiger partial charge on any atom is 0.274 e. The van der Waals surface area contributed by atoms with Crippen molar-refractivity contribution in [3.8, 4) is 0 Å². The van der Waals surface area contributed by atoms with E-state index in [9.17, 15) is 4.79 Å². The smallest absolute Gasteiger partial charge is 0.274 e.